The van der Waals surface area contributed by atoms with Crippen LogP contribution in [0.5, 0.6) is 0 Å². The molecule has 0 aromatic rings. The Morgan fingerprint density at radius 2 is 2.43 bits per heavy atom. The number of hydrogen-bond donors (Lipinski definition) is 2. The first-order chi connectivity index (χ1) is 6.77. The van der Waals surface area contributed by atoms with E-state index in [0.717, 1.165) is 19.4 Å². The highest BCUT2D eigenvalue weighted by molar-refractivity contribution is 14.1. The molecule has 0 radical (unpaired) electrons. The van der Waals surface area contributed by atoms with Gasteiger partial charge in [-0.05, 0) is 19.8 Å². The molecular formula is C8H15IN2O3. The van der Waals surface area contributed by atoms with E-state index in [4.69, 9.17) is 7.90 Å². The van der Waals surface area contributed by atoms with E-state index in [9.17, 15) is 4.79 Å². The number of ether oxygens (including phenoxy) is 1. The predicted octanol–water partition coefficient (Wildman–Crippen LogP) is 0.541. The number of carbonyl (C=O) groups is 1. The molecule has 0 spiro atoms. The number of hydroxylamine groups is 1. The van der Waals surface area contributed by atoms with E-state index in [2.05, 4.69) is 10.8 Å². The smallest absolute Gasteiger partial charge is 0.323 e. The average Bonchev–Trinajstić information content (AvgIpc) is 2.20. The van der Waals surface area contributed by atoms with E-state index in [1.54, 1.807) is 23.0 Å². The summed E-state index contributed by atoms with van der Waals surface area (Å²) in [5.74, 6) is -0.152. The summed E-state index contributed by atoms with van der Waals surface area (Å²) in [6, 6.07) is 0.125. The normalized spacial score (nSPS) is 27.3. The average molecular weight is 314 g/mol. The van der Waals surface area contributed by atoms with Crippen molar-refractivity contribution in [2.24, 2.45) is 0 Å². The van der Waals surface area contributed by atoms with E-state index < -0.39 is 0 Å². The fourth-order valence-corrected chi connectivity index (χ4v) is 1.82. The van der Waals surface area contributed by atoms with Crippen LogP contribution in [-0.4, -0.2) is 31.2 Å². The summed E-state index contributed by atoms with van der Waals surface area (Å²) in [5.41, 5.74) is 2.85. The molecule has 0 aromatic heterocycles. The van der Waals surface area contributed by atoms with Crippen LogP contribution < -0.4 is 10.8 Å². The number of piperidine rings is 1. The highest BCUT2D eigenvalue weighted by Gasteiger charge is 2.26. The number of nitrogens with one attached hydrogen (secondary N) is 2. The van der Waals surface area contributed by atoms with Crippen LogP contribution in [0.25, 0.3) is 0 Å². The number of halogens is 1. The van der Waals surface area contributed by atoms with Crippen molar-refractivity contribution in [3.8, 4) is 0 Å². The topological polar surface area (TPSA) is 59.6 Å². The molecule has 1 fully saturated rings. The van der Waals surface area contributed by atoms with Crippen LogP contribution in [0.1, 0.15) is 19.8 Å². The standard InChI is InChI=1S/C8H15IN2O3/c1-2-13-8(12)7-4-3-6(5-10-7)11-14-9/h6-7,10-11H,2-5H2,1H3/t6-,7+/m1/s1. The summed E-state index contributed by atoms with van der Waals surface area (Å²) < 4.78 is 9.71. The second-order valence-electron chi connectivity index (χ2n) is 3.18. The molecule has 5 nitrogen and oxygen atoms in total. The number of rotatable bonds is 4. The summed E-state index contributed by atoms with van der Waals surface area (Å²) in [7, 11) is 0. The van der Waals surface area contributed by atoms with Crippen LogP contribution in [0.15, 0.2) is 0 Å². The molecule has 82 valence electrons. The van der Waals surface area contributed by atoms with Gasteiger partial charge in [0, 0.05) is 12.6 Å². The van der Waals surface area contributed by atoms with Crippen molar-refractivity contribution in [3.05, 3.63) is 0 Å². The summed E-state index contributed by atoms with van der Waals surface area (Å²) in [6.07, 6.45) is 1.70. The van der Waals surface area contributed by atoms with Crippen LogP contribution in [0.2, 0.25) is 0 Å². The third kappa shape index (κ3) is 3.68. The molecule has 6 heteroatoms. The quantitative estimate of drug-likeness (QED) is 0.451. The SMILES string of the molecule is CCOC(=O)[C@@H]1CC[C@@H](NOI)CN1. The van der Waals surface area contributed by atoms with Crippen LogP contribution >= 0.6 is 23.0 Å². The van der Waals surface area contributed by atoms with E-state index in [1.165, 1.54) is 0 Å². The van der Waals surface area contributed by atoms with Crippen LogP contribution in [-0.2, 0) is 12.7 Å². The largest absolute Gasteiger partial charge is 0.465 e. The Bertz CT molecular complexity index is 183. The van der Waals surface area contributed by atoms with Gasteiger partial charge in [-0.3, -0.25) is 4.79 Å². The van der Waals surface area contributed by atoms with E-state index >= 15 is 0 Å². The molecule has 1 aliphatic heterocycles. The lowest BCUT2D eigenvalue weighted by Crippen LogP contribution is -2.50. The summed E-state index contributed by atoms with van der Waals surface area (Å²) in [4.78, 5) is 11.3. The molecule has 0 aromatic carbocycles. The molecule has 0 aliphatic carbocycles. The highest BCUT2D eigenvalue weighted by Crippen LogP contribution is 2.09. The molecule has 0 saturated carbocycles. The van der Waals surface area contributed by atoms with Gasteiger partial charge in [0.15, 0.2) is 0 Å². The minimum absolute atomic E-state index is 0.151. The van der Waals surface area contributed by atoms with Crippen LogP contribution in [0, 0.1) is 0 Å². The third-order valence-corrected chi connectivity index (χ3v) is 2.45. The molecule has 1 saturated heterocycles. The first kappa shape index (κ1) is 12.2. The fourth-order valence-electron chi connectivity index (χ4n) is 1.46. The number of hydrogen-bond acceptors (Lipinski definition) is 5. The minimum atomic E-state index is -0.152. The Hall–Kier alpha value is 0.0800. The summed E-state index contributed by atoms with van der Waals surface area (Å²) >= 11 is 1.79. The zero-order valence-electron chi connectivity index (χ0n) is 8.09. The van der Waals surface area contributed by atoms with Crippen molar-refractivity contribution >= 4 is 29.0 Å². The maximum absolute atomic E-state index is 11.3. The van der Waals surface area contributed by atoms with E-state index in [-0.39, 0.29) is 18.1 Å². The second kappa shape index (κ2) is 6.54. The Morgan fingerprint density at radius 3 is 2.93 bits per heavy atom. The maximum atomic E-state index is 11.3. The molecule has 1 aliphatic rings. The van der Waals surface area contributed by atoms with Gasteiger partial charge in [-0.1, -0.05) is 0 Å². The number of esters is 1. The Kier molecular flexibility index (Phi) is 5.68. The van der Waals surface area contributed by atoms with Gasteiger partial charge in [0.05, 0.1) is 6.61 Å². The minimum Gasteiger partial charge on any atom is -0.465 e. The molecule has 14 heavy (non-hydrogen) atoms. The van der Waals surface area contributed by atoms with Crippen molar-refractivity contribution in [2.45, 2.75) is 31.8 Å². The van der Waals surface area contributed by atoms with Crippen molar-refractivity contribution in [2.75, 3.05) is 13.2 Å². The zero-order chi connectivity index (χ0) is 10.4. The lowest BCUT2D eigenvalue weighted by atomic mass is 10.0. The van der Waals surface area contributed by atoms with Crippen molar-refractivity contribution in [1.82, 2.24) is 10.8 Å². The molecule has 1 heterocycles. The molecule has 1 rings (SSSR count). The molecule has 2 N–H and O–H groups in total. The second-order valence-corrected chi connectivity index (χ2v) is 3.62. The van der Waals surface area contributed by atoms with Gasteiger partial charge in [0.1, 0.15) is 29.0 Å². The van der Waals surface area contributed by atoms with Gasteiger partial charge in [0.2, 0.25) is 0 Å². The maximum Gasteiger partial charge on any atom is 0.323 e. The molecule has 0 bridgehead atoms. The third-order valence-electron chi connectivity index (χ3n) is 2.20. The van der Waals surface area contributed by atoms with Crippen LogP contribution in [0.3, 0.4) is 0 Å². The van der Waals surface area contributed by atoms with Crippen molar-refractivity contribution in [3.63, 3.8) is 0 Å². The van der Waals surface area contributed by atoms with E-state index in [1.807, 2.05) is 6.92 Å². The fraction of sp³-hybridized carbons (Fsp3) is 0.875. The highest BCUT2D eigenvalue weighted by atomic mass is 127. The first-order valence-corrected chi connectivity index (χ1v) is 5.59. The Labute approximate surface area is 97.5 Å². The molecular weight excluding hydrogens is 299 g/mol. The van der Waals surface area contributed by atoms with Gasteiger partial charge in [-0.15, -0.1) is 0 Å². The summed E-state index contributed by atoms with van der Waals surface area (Å²) in [6.45, 7) is 2.98. The van der Waals surface area contributed by atoms with Gasteiger partial charge in [-0.2, -0.15) is 5.48 Å². The Balaban J connectivity index is 2.24. The van der Waals surface area contributed by atoms with Gasteiger partial charge in [-0.25, -0.2) is 3.17 Å². The molecule has 0 unspecified atom stereocenters. The first-order valence-electron chi connectivity index (χ1n) is 4.71. The Morgan fingerprint density at radius 1 is 1.64 bits per heavy atom. The van der Waals surface area contributed by atoms with Crippen molar-refractivity contribution in [1.29, 1.82) is 0 Å². The van der Waals surface area contributed by atoms with E-state index in [0.29, 0.717) is 6.61 Å². The van der Waals surface area contributed by atoms with Gasteiger partial charge in [0.25, 0.3) is 0 Å². The lowest BCUT2D eigenvalue weighted by Gasteiger charge is -2.27. The predicted molar refractivity (Wildman–Crippen MR) is 59.7 cm³/mol. The van der Waals surface area contributed by atoms with Gasteiger partial charge >= 0.3 is 5.97 Å². The molecule has 0 amide bonds. The zero-order valence-corrected chi connectivity index (χ0v) is 10.2. The molecule has 2 atom stereocenters. The lowest BCUT2D eigenvalue weighted by molar-refractivity contribution is -0.146. The number of carbonyl (C=O) groups excluding carboxylic acids is 1. The summed E-state index contributed by atoms with van der Waals surface area (Å²) in [5, 5.41) is 3.12. The van der Waals surface area contributed by atoms with Gasteiger partial charge < -0.3 is 10.1 Å². The van der Waals surface area contributed by atoms with Crippen LogP contribution in [0.4, 0.5) is 0 Å². The van der Waals surface area contributed by atoms with Crippen molar-refractivity contribution < 1.29 is 12.7 Å². The monoisotopic (exact) mass is 314 g/mol.